The molecule has 13 heteroatoms. The molecule has 236 valence electrons. The number of aromatic nitrogens is 1. The Kier molecular flexibility index (Phi) is 7.24. The van der Waals surface area contributed by atoms with Crippen molar-refractivity contribution >= 4 is 68.1 Å². The van der Waals surface area contributed by atoms with E-state index in [9.17, 15) is 27.6 Å². The molecule has 0 spiro atoms. The molecule has 4 aromatic rings. The number of anilines is 1. The second kappa shape index (κ2) is 11.0. The van der Waals surface area contributed by atoms with E-state index in [4.69, 9.17) is 16.3 Å². The molecule has 1 aromatic heterocycles. The molecule has 2 aliphatic heterocycles. The minimum atomic E-state index is -4.61. The number of alkyl halides is 3. The zero-order valence-electron chi connectivity index (χ0n) is 23.6. The lowest BCUT2D eigenvalue weighted by Gasteiger charge is -2.43. The van der Waals surface area contributed by atoms with Gasteiger partial charge in [0.1, 0.15) is 12.4 Å². The molecule has 2 saturated carbocycles. The van der Waals surface area contributed by atoms with Crippen molar-refractivity contribution in [2.24, 2.45) is 29.6 Å². The van der Waals surface area contributed by atoms with E-state index in [1.807, 2.05) is 36.4 Å². The Bertz CT molecular complexity index is 1980. The van der Waals surface area contributed by atoms with E-state index in [1.54, 1.807) is 17.8 Å². The van der Waals surface area contributed by atoms with Crippen LogP contribution in [0.5, 0.6) is 5.75 Å². The molecule has 0 radical (unpaired) electrons. The van der Waals surface area contributed by atoms with E-state index in [0.29, 0.717) is 17.2 Å². The van der Waals surface area contributed by atoms with Gasteiger partial charge in [-0.2, -0.15) is 13.2 Å². The smallest absolute Gasteiger partial charge is 0.416 e. The quantitative estimate of drug-likeness (QED) is 0.209. The molecular weight excluding hydrogens is 725 g/mol. The lowest BCUT2D eigenvalue weighted by atomic mass is 9.68. The van der Waals surface area contributed by atoms with Gasteiger partial charge in [0.15, 0.2) is 0 Å². The van der Waals surface area contributed by atoms with Gasteiger partial charge in [-0.25, -0.2) is 0 Å². The third-order valence-corrected chi connectivity index (χ3v) is 13.1. The van der Waals surface area contributed by atoms with Gasteiger partial charge in [-0.05, 0) is 78.3 Å². The fraction of sp³-hybridized carbons (Fsp3) is 0.303. The fourth-order valence-electron chi connectivity index (χ4n) is 8.12. The van der Waals surface area contributed by atoms with E-state index in [1.165, 1.54) is 12.1 Å². The number of benzene rings is 3. The zero-order chi connectivity index (χ0) is 32.1. The van der Waals surface area contributed by atoms with E-state index in [-0.39, 0.29) is 46.1 Å². The number of amides is 2. The lowest BCUT2D eigenvalue weighted by molar-refractivity contribution is -0.137. The Balaban J connectivity index is 1.19. The van der Waals surface area contributed by atoms with Crippen molar-refractivity contribution in [3.63, 3.8) is 0 Å². The van der Waals surface area contributed by atoms with Crippen LogP contribution in [-0.4, -0.2) is 22.0 Å². The minimum absolute atomic E-state index is 0.0575. The number of nitrogens with zero attached hydrogens (tertiary/aromatic N) is 1. The van der Waals surface area contributed by atoms with E-state index in [0.717, 1.165) is 53.9 Å². The number of carbonyl (C=O) groups excluding carboxylic acids is 2. The van der Waals surface area contributed by atoms with Gasteiger partial charge in [-0.1, -0.05) is 57.1 Å². The summed E-state index contributed by atoms with van der Waals surface area (Å²) in [5.74, 6) is -2.38. The van der Waals surface area contributed by atoms with Crippen molar-refractivity contribution in [1.82, 2.24) is 4.98 Å². The number of thioether (sulfide) groups is 1. The van der Waals surface area contributed by atoms with Crippen LogP contribution in [0, 0.1) is 29.6 Å². The number of aromatic amines is 1. The molecule has 2 amide bonds. The first-order chi connectivity index (χ1) is 22.0. The van der Waals surface area contributed by atoms with Crippen molar-refractivity contribution in [2.75, 3.05) is 4.90 Å². The zero-order valence-corrected chi connectivity index (χ0v) is 27.6. The maximum Gasteiger partial charge on any atom is 0.416 e. The van der Waals surface area contributed by atoms with Crippen molar-refractivity contribution in [2.45, 2.75) is 35.4 Å². The Morgan fingerprint density at radius 3 is 2.50 bits per heavy atom. The van der Waals surface area contributed by atoms with Crippen LogP contribution in [0.15, 0.2) is 81.0 Å². The number of halogens is 5. The topological polar surface area (TPSA) is 79.5 Å². The van der Waals surface area contributed by atoms with Crippen LogP contribution in [0.1, 0.15) is 33.9 Å². The summed E-state index contributed by atoms with van der Waals surface area (Å²) in [5.41, 5.74) is 0.776. The SMILES string of the molecule is O=C1C2C3CC(C2C(=O)N1c1cccc(C(F)(F)F)c1)C1C3Sc2[nH]c(=O)sc2[C@@H]1c1cc(Br)ccc1OCc1cccc(Cl)c1. The van der Waals surface area contributed by atoms with Gasteiger partial charge in [0.2, 0.25) is 11.8 Å². The summed E-state index contributed by atoms with van der Waals surface area (Å²) in [6.07, 6.45) is -3.96. The van der Waals surface area contributed by atoms with Gasteiger partial charge >= 0.3 is 11.0 Å². The predicted molar refractivity (Wildman–Crippen MR) is 172 cm³/mol. The van der Waals surface area contributed by atoms with Crippen LogP contribution in [0.25, 0.3) is 0 Å². The summed E-state index contributed by atoms with van der Waals surface area (Å²) < 4.78 is 47.8. The van der Waals surface area contributed by atoms with E-state index >= 15 is 0 Å². The van der Waals surface area contributed by atoms with Crippen molar-refractivity contribution < 1.29 is 27.5 Å². The number of thiazole rings is 1. The molecule has 6 nitrogen and oxygen atoms in total. The monoisotopic (exact) mass is 746 g/mol. The van der Waals surface area contributed by atoms with Crippen molar-refractivity contribution in [3.8, 4) is 5.75 Å². The Morgan fingerprint density at radius 1 is 0.978 bits per heavy atom. The maximum absolute atomic E-state index is 14.0. The average molecular weight is 748 g/mol. The number of imide groups is 1. The van der Waals surface area contributed by atoms with Gasteiger partial charge < -0.3 is 9.72 Å². The number of hydrogen-bond acceptors (Lipinski definition) is 6. The summed E-state index contributed by atoms with van der Waals surface area (Å²) in [6.45, 7) is 0.261. The van der Waals surface area contributed by atoms with E-state index < -0.39 is 35.4 Å². The van der Waals surface area contributed by atoms with Crippen molar-refractivity contribution in [3.05, 3.63) is 107 Å². The molecule has 1 N–H and O–H groups in total. The van der Waals surface area contributed by atoms with Crippen LogP contribution in [-0.2, 0) is 22.4 Å². The number of carbonyl (C=O) groups is 2. The standard InChI is InChI=1S/C33H23BrClF3N2O4S2/c34-16-7-8-22(44-13-14-3-1-5-17(35)9-14)19(11-16)23-24-20-12-21(27(24)45-29-28(23)46-32(43)39-29)26-25(20)30(41)40(31(26)42)18-6-2-4-15(10-18)33(36,37)38/h1-11,20-21,23-27H,12-13H2,(H,39,43)/t20?,21?,23-,24?,25?,26?,27?/m1/s1. The molecule has 6 unspecified atom stereocenters. The number of ether oxygens (including phenoxy) is 1. The number of fused-ring (bicyclic) bond motifs is 9. The highest BCUT2D eigenvalue weighted by Crippen LogP contribution is 2.69. The average Bonchev–Trinajstić information content (AvgIpc) is 3.75. The summed E-state index contributed by atoms with van der Waals surface area (Å²) >= 11 is 12.5. The summed E-state index contributed by atoms with van der Waals surface area (Å²) in [6, 6.07) is 17.5. The van der Waals surface area contributed by atoms with Crippen LogP contribution < -0.4 is 14.5 Å². The van der Waals surface area contributed by atoms with Crippen molar-refractivity contribution in [1.29, 1.82) is 0 Å². The normalized spacial score (nSPS) is 27.9. The molecule has 46 heavy (non-hydrogen) atoms. The summed E-state index contributed by atoms with van der Waals surface area (Å²) in [5, 5.41) is 1.25. The Hall–Kier alpha value is -3.06. The third-order valence-electron chi connectivity index (χ3n) is 9.75. The van der Waals surface area contributed by atoms with Gasteiger partial charge in [0, 0.05) is 31.1 Å². The van der Waals surface area contributed by atoms with Gasteiger partial charge in [-0.15, -0.1) is 11.8 Å². The molecule has 2 bridgehead atoms. The molecule has 3 fully saturated rings. The highest BCUT2D eigenvalue weighted by molar-refractivity contribution is 9.10. The molecule has 4 aliphatic rings. The summed E-state index contributed by atoms with van der Waals surface area (Å²) in [7, 11) is 0. The second-order valence-corrected chi connectivity index (χ2v) is 15.7. The number of hydrogen-bond donors (Lipinski definition) is 1. The molecular formula is C33H23BrClF3N2O4S2. The highest BCUT2D eigenvalue weighted by Gasteiger charge is 2.70. The maximum atomic E-state index is 14.0. The van der Waals surface area contributed by atoms with Gasteiger partial charge in [0.05, 0.1) is 28.1 Å². The van der Waals surface area contributed by atoms with Gasteiger partial charge in [0.25, 0.3) is 0 Å². The van der Waals surface area contributed by atoms with E-state index in [2.05, 4.69) is 20.9 Å². The molecule has 2 aliphatic carbocycles. The lowest BCUT2D eigenvalue weighted by Crippen LogP contribution is -2.42. The Morgan fingerprint density at radius 2 is 1.74 bits per heavy atom. The molecule has 7 atom stereocenters. The first-order valence-electron chi connectivity index (χ1n) is 14.6. The molecule has 3 heterocycles. The number of H-pyrrole nitrogens is 1. The third kappa shape index (κ3) is 4.78. The van der Waals surface area contributed by atoms with Crippen LogP contribution in [0.3, 0.4) is 0 Å². The predicted octanol–water partition coefficient (Wildman–Crippen LogP) is 8.13. The van der Waals surface area contributed by atoms with Gasteiger partial charge in [-0.3, -0.25) is 19.3 Å². The minimum Gasteiger partial charge on any atom is -0.489 e. The van der Waals surface area contributed by atoms with Crippen LogP contribution >= 0.6 is 50.6 Å². The summed E-state index contributed by atoms with van der Waals surface area (Å²) in [4.78, 5) is 45.3. The Labute approximate surface area is 282 Å². The first-order valence-corrected chi connectivity index (χ1v) is 17.5. The largest absolute Gasteiger partial charge is 0.489 e. The molecule has 8 rings (SSSR count). The fourth-order valence-corrected chi connectivity index (χ4v) is 11.6. The second-order valence-electron chi connectivity index (χ2n) is 12.1. The highest BCUT2D eigenvalue weighted by atomic mass is 79.9. The number of nitrogens with one attached hydrogen (secondary N) is 1. The first kappa shape index (κ1) is 30.3. The molecule has 1 saturated heterocycles. The van der Waals surface area contributed by atoms with Crippen LogP contribution in [0.4, 0.5) is 18.9 Å². The molecule has 3 aromatic carbocycles. The van der Waals surface area contributed by atoms with Crippen LogP contribution in [0.2, 0.25) is 5.02 Å². The number of rotatable bonds is 5.